The van der Waals surface area contributed by atoms with Crippen molar-refractivity contribution in [1.29, 1.82) is 0 Å². The summed E-state index contributed by atoms with van der Waals surface area (Å²) in [5.41, 5.74) is 1.72. The summed E-state index contributed by atoms with van der Waals surface area (Å²) in [4.78, 5) is 23.1. The van der Waals surface area contributed by atoms with Crippen LogP contribution in [0.2, 0.25) is 0 Å². The van der Waals surface area contributed by atoms with E-state index in [0.717, 1.165) is 5.56 Å². The van der Waals surface area contributed by atoms with Crippen molar-refractivity contribution in [2.24, 2.45) is 0 Å². The zero-order valence-corrected chi connectivity index (χ0v) is 15.7. The Bertz CT molecular complexity index is 1040. The smallest absolute Gasteiger partial charge is 0.335 e. The molecule has 0 saturated heterocycles. The second kappa shape index (κ2) is 8.49. The van der Waals surface area contributed by atoms with Crippen LogP contribution in [-0.4, -0.2) is 26.8 Å². The molecule has 0 bridgehead atoms. The average molecular weight is 399 g/mol. The number of aryl methyl sites for hydroxylation is 1. The standard InChI is InChI=1S/C19H17N3O5S/c1-12-2-8-15(9-3-12)26-11-17-21-22(19(28)27-17)10-16(23)20-14-6-4-13(5-7-14)18(24)25/h2-9H,10-11H2,1H3,(H,20,23)(H,24,25). The van der Waals surface area contributed by atoms with Gasteiger partial charge in [0.1, 0.15) is 12.3 Å². The molecule has 1 aromatic heterocycles. The van der Waals surface area contributed by atoms with Crippen LogP contribution < -0.4 is 10.1 Å². The van der Waals surface area contributed by atoms with E-state index in [4.69, 9.17) is 26.5 Å². The summed E-state index contributed by atoms with van der Waals surface area (Å²) < 4.78 is 12.2. The molecule has 28 heavy (non-hydrogen) atoms. The van der Waals surface area contributed by atoms with Crippen LogP contribution in [0.3, 0.4) is 0 Å². The molecule has 0 aliphatic carbocycles. The van der Waals surface area contributed by atoms with Crippen LogP contribution in [0.15, 0.2) is 52.9 Å². The number of hydrogen-bond donors (Lipinski definition) is 2. The van der Waals surface area contributed by atoms with Crippen LogP contribution in [0.1, 0.15) is 21.8 Å². The van der Waals surface area contributed by atoms with Gasteiger partial charge in [-0.3, -0.25) is 4.79 Å². The normalized spacial score (nSPS) is 10.5. The summed E-state index contributed by atoms with van der Waals surface area (Å²) in [6.45, 7) is 1.92. The molecule has 1 amide bonds. The van der Waals surface area contributed by atoms with E-state index in [1.54, 1.807) is 0 Å². The Kier molecular flexibility index (Phi) is 5.85. The molecule has 0 radical (unpaired) electrons. The number of nitrogens with zero attached hydrogens (tertiary/aromatic N) is 2. The van der Waals surface area contributed by atoms with Crippen molar-refractivity contribution in [3.8, 4) is 5.75 Å². The minimum absolute atomic E-state index is 0.0545. The lowest BCUT2D eigenvalue weighted by molar-refractivity contribution is -0.117. The van der Waals surface area contributed by atoms with Crippen molar-refractivity contribution in [2.45, 2.75) is 20.1 Å². The average Bonchev–Trinajstić information content (AvgIpc) is 3.01. The summed E-state index contributed by atoms with van der Waals surface area (Å²) in [7, 11) is 0. The molecule has 0 spiro atoms. The Morgan fingerprint density at radius 2 is 1.86 bits per heavy atom. The van der Waals surface area contributed by atoms with Crippen molar-refractivity contribution in [1.82, 2.24) is 9.78 Å². The molecule has 8 nitrogen and oxygen atoms in total. The number of nitrogens with one attached hydrogen (secondary N) is 1. The second-order valence-electron chi connectivity index (χ2n) is 5.95. The number of carboxylic acid groups (broad SMARTS) is 1. The third-order valence-corrected chi connectivity index (χ3v) is 4.03. The van der Waals surface area contributed by atoms with Crippen LogP contribution in [0.4, 0.5) is 5.69 Å². The van der Waals surface area contributed by atoms with Gasteiger partial charge in [0.2, 0.25) is 5.91 Å². The third-order valence-electron chi connectivity index (χ3n) is 3.74. The fourth-order valence-electron chi connectivity index (χ4n) is 2.32. The minimum Gasteiger partial charge on any atom is -0.484 e. The van der Waals surface area contributed by atoms with Gasteiger partial charge in [0.25, 0.3) is 10.7 Å². The SMILES string of the molecule is Cc1ccc(OCc2nn(CC(=O)Nc3ccc(C(=O)O)cc3)c(=S)o2)cc1. The predicted molar refractivity (Wildman–Crippen MR) is 103 cm³/mol. The maximum Gasteiger partial charge on any atom is 0.335 e. The molecule has 0 fully saturated rings. The number of amides is 1. The first kappa shape index (κ1) is 19.3. The quantitative estimate of drug-likeness (QED) is 0.586. The van der Waals surface area contributed by atoms with E-state index in [2.05, 4.69) is 10.4 Å². The molecular weight excluding hydrogens is 382 g/mol. The van der Waals surface area contributed by atoms with E-state index >= 15 is 0 Å². The number of carbonyl (C=O) groups is 2. The molecule has 0 atom stereocenters. The van der Waals surface area contributed by atoms with Crippen LogP contribution >= 0.6 is 12.2 Å². The van der Waals surface area contributed by atoms with Gasteiger partial charge < -0.3 is 19.6 Å². The molecule has 2 N–H and O–H groups in total. The Morgan fingerprint density at radius 1 is 1.18 bits per heavy atom. The van der Waals surface area contributed by atoms with Gasteiger partial charge in [-0.1, -0.05) is 17.7 Å². The molecule has 0 aliphatic heterocycles. The molecule has 0 saturated carbocycles. The monoisotopic (exact) mass is 399 g/mol. The zero-order valence-electron chi connectivity index (χ0n) is 14.9. The Hall–Kier alpha value is -3.46. The summed E-state index contributed by atoms with van der Waals surface area (Å²) in [5.74, 6) is -0.487. The van der Waals surface area contributed by atoms with Gasteiger partial charge in [0.15, 0.2) is 6.61 Å². The molecule has 9 heteroatoms. The van der Waals surface area contributed by atoms with E-state index in [9.17, 15) is 9.59 Å². The third kappa shape index (κ3) is 5.04. The minimum atomic E-state index is -1.04. The molecule has 3 aromatic rings. The first-order chi connectivity index (χ1) is 13.4. The number of carbonyl (C=O) groups excluding carboxylic acids is 1. The predicted octanol–water partition coefficient (Wildman–Crippen LogP) is 3.43. The number of rotatable bonds is 7. The zero-order chi connectivity index (χ0) is 20.1. The summed E-state index contributed by atoms with van der Waals surface area (Å²) in [6, 6.07) is 13.3. The van der Waals surface area contributed by atoms with E-state index in [1.165, 1.54) is 28.9 Å². The summed E-state index contributed by atoms with van der Waals surface area (Å²) in [5, 5.41) is 15.7. The molecule has 1 heterocycles. The maximum absolute atomic E-state index is 12.2. The Balaban J connectivity index is 1.58. The van der Waals surface area contributed by atoms with Crippen molar-refractivity contribution in [3.05, 3.63) is 70.4 Å². The Morgan fingerprint density at radius 3 is 2.50 bits per heavy atom. The fraction of sp³-hybridized carbons (Fsp3) is 0.158. The highest BCUT2D eigenvalue weighted by Gasteiger charge is 2.11. The lowest BCUT2D eigenvalue weighted by atomic mass is 10.2. The van der Waals surface area contributed by atoms with E-state index in [-0.39, 0.29) is 35.4 Å². The number of ether oxygens (including phenoxy) is 1. The van der Waals surface area contributed by atoms with Crippen molar-refractivity contribution >= 4 is 29.8 Å². The van der Waals surface area contributed by atoms with Gasteiger partial charge in [-0.05, 0) is 55.5 Å². The van der Waals surface area contributed by atoms with Gasteiger partial charge in [0.05, 0.1) is 5.56 Å². The van der Waals surface area contributed by atoms with Crippen LogP contribution in [0.5, 0.6) is 5.75 Å². The Labute approximate surface area is 165 Å². The molecule has 3 rings (SSSR count). The van der Waals surface area contributed by atoms with Gasteiger partial charge in [-0.25, -0.2) is 9.48 Å². The van der Waals surface area contributed by atoms with E-state index in [0.29, 0.717) is 11.4 Å². The molecule has 0 unspecified atom stereocenters. The van der Waals surface area contributed by atoms with Crippen molar-refractivity contribution < 1.29 is 23.8 Å². The second-order valence-corrected chi connectivity index (χ2v) is 6.30. The number of anilines is 1. The number of benzene rings is 2. The molecule has 0 aliphatic rings. The van der Waals surface area contributed by atoms with E-state index < -0.39 is 5.97 Å². The van der Waals surface area contributed by atoms with Crippen LogP contribution in [0, 0.1) is 11.8 Å². The van der Waals surface area contributed by atoms with Gasteiger partial charge in [-0.2, -0.15) is 0 Å². The molecular formula is C19H17N3O5S. The van der Waals surface area contributed by atoms with Gasteiger partial charge >= 0.3 is 5.97 Å². The van der Waals surface area contributed by atoms with Crippen molar-refractivity contribution in [2.75, 3.05) is 5.32 Å². The lowest BCUT2D eigenvalue weighted by Crippen LogP contribution is -2.19. The highest BCUT2D eigenvalue weighted by atomic mass is 32.1. The number of hydrogen-bond acceptors (Lipinski definition) is 6. The summed E-state index contributed by atoms with van der Waals surface area (Å²) in [6.07, 6.45) is 0. The number of aromatic carboxylic acids is 1. The fourth-order valence-corrected chi connectivity index (χ4v) is 2.52. The van der Waals surface area contributed by atoms with Crippen LogP contribution in [0.25, 0.3) is 0 Å². The first-order valence-corrected chi connectivity index (χ1v) is 8.71. The largest absolute Gasteiger partial charge is 0.484 e. The van der Waals surface area contributed by atoms with E-state index in [1.807, 2.05) is 31.2 Å². The first-order valence-electron chi connectivity index (χ1n) is 8.30. The van der Waals surface area contributed by atoms with Crippen molar-refractivity contribution in [3.63, 3.8) is 0 Å². The summed E-state index contributed by atoms with van der Waals surface area (Å²) >= 11 is 5.08. The number of aromatic nitrogens is 2. The lowest BCUT2D eigenvalue weighted by Gasteiger charge is -2.05. The molecule has 144 valence electrons. The highest BCUT2D eigenvalue weighted by molar-refractivity contribution is 7.71. The van der Waals surface area contributed by atoms with Gasteiger partial charge in [-0.15, -0.1) is 5.10 Å². The maximum atomic E-state index is 12.2. The molecule has 2 aromatic carbocycles. The topological polar surface area (TPSA) is 107 Å². The number of carboxylic acids is 1. The highest BCUT2D eigenvalue weighted by Crippen LogP contribution is 2.14. The van der Waals surface area contributed by atoms with Crippen LogP contribution in [-0.2, 0) is 17.9 Å². The van der Waals surface area contributed by atoms with Gasteiger partial charge in [0, 0.05) is 5.69 Å².